The van der Waals surface area contributed by atoms with Gasteiger partial charge in [-0.15, -0.1) is 23.7 Å². The number of carbonyl (C=O) groups excluding carboxylic acids is 1. The van der Waals surface area contributed by atoms with Crippen molar-refractivity contribution in [2.24, 2.45) is 5.73 Å². The highest BCUT2D eigenvalue weighted by molar-refractivity contribution is 7.15. The Kier molecular flexibility index (Phi) is 5.69. The molecule has 6 heteroatoms. The number of benzene rings is 1. The van der Waals surface area contributed by atoms with Gasteiger partial charge in [-0.1, -0.05) is 30.3 Å². The zero-order valence-electron chi connectivity index (χ0n) is 15.9. The third kappa shape index (κ3) is 3.79. The predicted octanol–water partition coefficient (Wildman–Crippen LogP) is 3.96. The molecule has 0 bridgehead atoms. The van der Waals surface area contributed by atoms with Crippen molar-refractivity contribution in [2.75, 3.05) is 19.7 Å². The van der Waals surface area contributed by atoms with Crippen LogP contribution in [0.1, 0.15) is 37.1 Å². The number of hydrogen-bond acceptors (Lipinski definition) is 4. The van der Waals surface area contributed by atoms with Crippen LogP contribution in [0.5, 0.6) is 0 Å². The van der Waals surface area contributed by atoms with Gasteiger partial charge >= 0.3 is 0 Å². The molecule has 1 amide bonds. The van der Waals surface area contributed by atoms with Crippen molar-refractivity contribution in [3.63, 3.8) is 0 Å². The summed E-state index contributed by atoms with van der Waals surface area (Å²) in [7, 11) is 0. The first-order valence-corrected chi connectivity index (χ1v) is 10.1. The molecule has 2 N–H and O–H groups in total. The lowest BCUT2D eigenvalue weighted by molar-refractivity contribution is -0.144. The molecule has 0 aliphatic carbocycles. The molecule has 1 aromatic carbocycles. The Morgan fingerprint density at radius 3 is 2.52 bits per heavy atom. The second-order valence-electron chi connectivity index (χ2n) is 7.92. The molecule has 4 rings (SSSR count). The Hall–Kier alpha value is -1.40. The normalized spacial score (nSPS) is 18.7. The number of carbonyl (C=O) groups is 1. The van der Waals surface area contributed by atoms with Crippen LogP contribution in [0.25, 0.3) is 10.4 Å². The van der Waals surface area contributed by atoms with Gasteiger partial charge in [0.25, 0.3) is 0 Å². The molecule has 1 aromatic heterocycles. The van der Waals surface area contributed by atoms with Crippen LogP contribution in [-0.4, -0.2) is 36.0 Å². The number of likely N-dealkylation sites (tertiary alicyclic amines) is 1. The summed E-state index contributed by atoms with van der Waals surface area (Å²) in [6.07, 6.45) is 2.66. The number of nitrogens with zero attached hydrogens (tertiary/aromatic N) is 1. The molecule has 2 aliphatic heterocycles. The highest BCUT2D eigenvalue weighted by Crippen LogP contribution is 2.46. The Bertz CT molecular complexity index is 805. The number of fused-ring (bicyclic) bond motifs is 2. The zero-order valence-corrected chi connectivity index (χ0v) is 17.5. The van der Waals surface area contributed by atoms with E-state index in [1.807, 2.05) is 22.3 Å². The lowest BCUT2D eigenvalue weighted by Crippen LogP contribution is -2.55. The summed E-state index contributed by atoms with van der Waals surface area (Å²) >= 11 is 1.89. The number of amides is 1. The average Bonchev–Trinajstić information content (AvgIpc) is 3.08. The third-order valence-electron chi connectivity index (χ3n) is 5.48. The van der Waals surface area contributed by atoms with E-state index in [1.54, 1.807) is 13.8 Å². The Labute approximate surface area is 171 Å². The second kappa shape index (κ2) is 7.55. The summed E-state index contributed by atoms with van der Waals surface area (Å²) < 4.78 is 6.33. The molecule has 4 nitrogen and oxygen atoms in total. The first kappa shape index (κ1) is 20.3. The minimum absolute atomic E-state index is 0. The van der Waals surface area contributed by atoms with Crippen molar-refractivity contribution >= 4 is 29.7 Å². The monoisotopic (exact) mass is 406 g/mol. The molecule has 0 radical (unpaired) electrons. The van der Waals surface area contributed by atoms with Gasteiger partial charge in [0.1, 0.15) is 0 Å². The highest BCUT2D eigenvalue weighted by atomic mass is 35.5. The fourth-order valence-electron chi connectivity index (χ4n) is 4.05. The van der Waals surface area contributed by atoms with Crippen molar-refractivity contribution < 1.29 is 9.53 Å². The van der Waals surface area contributed by atoms with Crippen molar-refractivity contribution in [3.8, 4) is 10.4 Å². The van der Waals surface area contributed by atoms with Gasteiger partial charge in [-0.05, 0) is 43.9 Å². The van der Waals surface area contributed by atoms with E-state index in [-0.39, 0.29) is 23.9 Å². The summed E-state index contributed by atoms with van der Waals surface area (Å²) in [5, 5.41) is 0. The molecule has 1 saturated heterocycles. The van der Waals surface area contributed by atoms with E-state index < -0.39 is 5.54 Å². The highest BCUT2D eigenvalue weighted by Gasteiger charge is 2.44. The van der Waals surface area contributed by atoms with Gasteiger partial charge in [-0.2, -0.15) is 0 Å². The summed E-state index contributed by atoms with van der Waals surface area (Å²) in [5.41, 5.74) is 7.55. The van der Waals surface area contributed by atoms with Crippen LogP contribution in [0.4, 0.5) is 0 Å². The molecular weight excluding hydrogens is 380 g/mol. The molecule has 1 spiro atoms. The lowest BCUT2D eigenvalue weighted by atomic mass is 9.81. The van der Waals surface area contributed by atoms with E-state index in [4.69, 9.17) is 10.5 Å². The van der Waals surface area contributed by atoms with Crippen molar-refractivity contribution in [3.05, 3.63) is 46.8 Å². The number of hydrogen-bond donors (Lipinski definition) is 1. The Balaban J connectivity index is 0.00000210. The maximum atomic E-state index is 12.5. The molecule has 0 atom stereocenters. The van der Waals surface area contributed by atoms with Gasteiger partial charge < -0.3 is 15.4 Å². The summed E-state index contributed by atoms with van der Waals surface area (Å²) in [5.74, 6) is 0.0266. The van der Waals surface area contributed by atoms with Gasteiger partial charge in [0.05, 0.1) is 17.7 Å². The minimum Gasteiger partial charge on any atom is -0.370 e. The minimum atomic E-state index is -0.814. The largest absolute Gasteiger partial charge is 0.370 e. The summed E-state index contributed by atoms with van der Waals surface area (Å²) in [4.78, 5) is 17.1. The van der Waals surface area contributed by atoms with Crippen molar-refractivity contribution in [1.82, 2.24) is 4.90 Å². The van der Waals surface area contributed by atoms with Crippen molar-refractivity contribution in [2.45, 2.75) is 44.2 Å². The van der Waals surface area contributed by atoms with E-state index in [1.165, 1.54) is 20.9 Å². The van der Waals surface area contributed by atoms with Crippen LogP contribution >= 0.6 is 23.7 Å². The SMILES string of the molecule is CC(C)(N)C(=O)N1CCC2(CC1)OCCc1sc(-c3ccccc3)cc12.Cl. The molecular formula is C21H27ClN2O2S. The maximum Gasteiger partial charge on any atom is 0.242 e. The van der Waals surface area contributed by atoms with Gasteiger partial charge in [0, 0.05) is 29.3 Å². The summed E-state index contributed by atoms with van der Waals surface area (Å²) in [6.45, 7) is 5.72. The summed E-state index contributed by atoms with van der Waals surface area (Å²) in [6, 6.07) is 12.9. The van der Waals surface area contributed by atoms with E-state index in [9.17, 15) is 4.79 Å². The van der Waals surface area contributed by atoms with Crippen molar-refractivity contribution in [1.29, 1.82) is 0 Å². The van der Waals surface area contributed by atoms with E-state index in [0.29, 0.717) is 13.1 Å². The molecule has 0 saturated carbocycles. The molecule has 1 fully saturated rings. The number of nitrogens with two attached hydrogens (primary N) is 1. The van der Waals surface area contributed by atoms with Crippen LogP contribution < -0.4 is 5.73 Å². The third-order valence-corrected chi connectivity index (χ3v) is 6.72. The van der Waals surface area contributed by atoms with Crippen LogP contribution in [0.15, 0.2) is 36.4 Å². The average molecular weight is 407 g/mol. The molecule has 146 valence electrons. The number of ether oxygens (including phenoxy) is 1. The zero-order chi connectivity index (χ0) is 18.4. The van der Waals surface area contributed by atoms with Crippen LogP contribution in [0, 0.1) is 0 Å². The first-order valence-electron chi connectivity index (χ1n) is 9.30. The van der Waals surface area contributed by atoms with E-state index in [2.05, 4.69) is 30.3 Å². The fourth-order valence-corrected chi connectivity index (χ4v) is 5.29. The number of halogens is 1. The van der Waals surface area contributed by atoms with Crippen LogP contribution in [0.2, 0.25) is 0 Å². The fraction of sp³-hybridized carbons (Fsp3) is 0.476. The van der Waals surface area contributed by atoms with Gasteiger partial charge in [0.2, 0.25) is 5.91 Å². The van der Waals surface area contributed by atoms with E-state index >= 15 is 0 Å². The molecule has 2 aliphatic rings. The predicted molar refractivity (Wildman–Crippen MR) is 112 cm³/mol. The smallest absolute Gasteiger partial charge is 0.242 e. The maximum absolute atomic E-state index is 12.5. The molecule has 0 unspecified atom stereocenters. The van der Waals surface area contributed by atoms with E-state index in [0.717, 1.165) is 25.9 Å². The van der Waals surface area contributed by atoms with Crippen LogP contribution in [0.3, 0.4) is 0 Å². The topological polar surface area (TPSA) is 55.6 Å². The Morgan fingerprint density at radius 1 is 1.22 bits per heavy atom. The number of piperidine rings is 1. The molecule has 27 heavy (non-hydrogen) atoms. The quantitative estimate of drug-likeness (QED) is 0.821. The van der Waals surface area contributed by atoms with Gasteiger partial charge in [-0.3, -0.25) is 4.79 Å². The van der Waals surface area contributed by atoms with Gasteiger partial charge in [0.15, 0.2) is 0 Å². The van der Waals surface area contributed by atoms with Crippen LogP contribution in [-0.2, 0) is 21.6 Å². The molecule has 2 aromatic rings. The molecule has 3 heterocycles. The Morgan fingerprint density at radius 2 is 1.89 bits per heavy atom. The number of thiophene rings is 1. The number of rotatable bonds is 2. The second-order valence-corrected chi connectivity index (χ2v) is 9.06. The van der Waals surface area contributed by atoms with Gasteiger partial charge in [-0.25, -0.2) is 0 Å². The lowest BCUT2D eigenvalue weighted by Gasteiger charge is -2.45. The standard InChI is InChI=1S/C21H26N2O2S.ClH/c1-20(2,22)19(24)23-11-9-21(10-12-23)16-14-18(15-6-4-3-5-7-15)26-17(16)8-13-25-21;/h3-7,14H,8-13,22H2,1-2H3;1H. The first-order chi connectivity index (χ1) is 12.4.